The maximum absolute atomic E-state index is 11.6. The van der Waals surface area contributed by atoms with Crippen molar-refractivity contribution in [1.29, 1.82) is 0 Å². The van der Waals surface area contributed by atoms with Crippen molar-refractivity contribution in [3.8, 4) is 5.75 Å². The Hall–Kier alpha value is -1.59. The van der Waals surface area contributed by atoms with E-state index in [1.54, 1.807) is 12.1 Å². The van der Waals surface area contributed by atoms with E-state index in [0.29, 0.717) is 5.75 Å². The summed E-state index contributed by atoms with van der Waals surface area (Å²) in [5.41, 5.74) is -0.508. The van der Waals surface area contributed by atoms with Crippen LogP contribution in [0.5, 0.6) is 5.75 Å². The van der Waals surface area contributed by atoms with E-state index >= 15 is 0 Å². The molecule has 0 unspecified atom stereocenters. The molecule has 17 heavy (non-hydrogen) atoms. The average Bonchev–Trinajstić information content (AvgIpc) is 2.27. The van der Waals surface area contributed by atoms with Gasteiger partial charge in [-0.1, -0.05) is 18.2 Å². The first kappa shape index (κ1) is 13.5. The fourth-order valence-corrected chi connectivity index (χ4v) is 1.32. The van der Waals surface area contributed by atoms with Crippen molar-refractivity contribution < 1.29 is 14.4 Å². The molecule has 0 heterocycles. The Kier molecular flexibility index (Phi) is 4.93. The number of carbonyl (C=O) groups excluding carboxylic acids is 1. The van der Waals surface area contributed by atoms with Crippen molar-refractivity contribution in [1.82, 2.24) is 5.32 Å². The number of benzene rings is 1. The molecule has 5 heteroatoms. The van der Waals surface area contributed by atoms with E-state index in [2.05, 4.69) is 10.2 Å². The molecular formula is C12H18N2O3. The summed E-state index contributed by atoms with van der Waals surface area (Å²) < 4.78 is 5.31. The van der Waals surface area contributed by atoms with Crippen molar-refractivity contribution in [2.24, 2.45) is 5.90 Å². The largest absolute Gasteiger partial charge is 0.484 e. The highest BCUT2D eigenvalue weighted by molar-refractivity contribution is 5.78. The molecular weight excluding hydrogens is 220 g/mol. The first-order valence-corrected chi connectivity index (χ1v) is 5.34. The Labute approximate surface area is 101 Å². The van der Waals surface area contributed by atoms with E-state index in [4.69, 9.17) is 10.6 Å². The van der Waals surface area contributed by atoms with Crippen molar-refractivity contribution in [2.75, 3.05) is 13.2 Å². The first-order chi connectivity index (χ1) is 8.03. The van der Waals surface area contributed by atoms with Gasteiger partial charge in [-0.15, -0.1) is 0 Å². The topological polar surface area (TPSA) is 73.6 Å². The van der Waals surface area contributed by atoms with Crippen LogP contribution in [0.4, 0.5) is 0 Å². The molecule has 0 atom stereocenters. The molecule has 0 saturated heterocycles. The lowest BCUT2D eigenvalue weighted by Crippen LogP contribution is -2.49. The summed E-state index contributed by atoms with van der Waals surface area (Å²) in [4.78, 5) is 16.1. The third kappa shape index (κ3) is 5.33. The minimum atomic E-state index is -0.508. The maximum Gasteiger partial charge on any atom is 0.258 e. The van der Waals surface area contributed by atoms with E-state index in [1.165, 1.54) is 0 Å². The van der Waals surface area contributed by atoms with Gasteiger partial charge in [-0.3, -0.25) is 4.79 Å². The summed E-state index contributed by atoms with van der Waals surface area (Å²) >= 11 is 0. The lowest BCUT2D eigenvalue weighted by Gasteiger charge is -2.24. The molecule has 0 aromatic heterocycles. The van der Waals surface area contributed by atoms with Crippen LogP contribution in [0.1, 0.15) is 13.8 Å². The molecule has 0 aliphatic carbocycles. The van der Waals surface area contributed by atoms with Crippen LogP contribution in [-0.2, 0) is 9.63 Å². The summed E-state index contributed by atoms with van der Waals surface area (Å²) in [6.07, 6.45) is 0. The summed E-state index contributed by atoms with van der Waals surface area (Å²) in [6, 6.07) is 9.16. The van der Waals surface area contributed by atoms with E-state index in [0.717, 1.165) is 0 Å². The number of nitrogens with two attached hydrogens (primary N) is 1. The van der Waals surface area contributed by atoms with Crippen LogP contribution in [-0.4, -0.2) is 24.7 Å². The number of hydrogen-bond donors (Lipinski definition) is 2. The minimum absolute atomic E-state index is 0.0297. The molecule has 1 rings (SSSR count). The van der Waals surface area contributed by atoms with Gasteiger partial charge in [-0.05, 0) is 26.0 Å². The predicted molar refractivity (Wildman–Crippen MR) is 64.3 cm³/mol. The second-order valence-electron chi connectivity index (χ2n) is 4.34. The third-order valence-corrected chi connectivity index (χ3v) is 2.04. The van der Waals surface area contributed by atoms with Crippen LogP contribution in [0.15, 0.2) is 30.3 Å². The highest BCUT2D eigenvalue weighted by Gasteiger charge is 2.20. The van der Waals surface area contributed by atoms with E-state index in [9.17, 15) is 4.79 Å². The van der Waals surface area contributed by atoms with Gasteiger partial charge in [-0.2, -0.15) is 0 Å². The average molecular weight is 238 g/mol. The molecule has 94 valence electrons. The quantitative estimate of drug-likeness (QED) is 0.721. The molecule has 5 nitrogen and oxygen atoms in total. The standard InChI is InChI=1S/C12H18N2O3/c1-12(2,9-17-13)14-11(15)8-16-10-6-4-3-5-7-10/h3-7H,8-9,13H2,1-2H3,(H,14,15). The van der Waals surface area contributed by atoms with Gasteiger partial charge < -0.3 is 14.9 Å². The van der Waals surface area contributed by atoms with E-state index in [1.807, 2.05) is 32.0 Å². The Balaban J connectivity index is 2.35. The number of hydrogen-bond acceptors (Lipinski definition) is 4. The SMILES string of the molecule is CC(C)(CON)NC(=O)COc1ccccc1. The highest BCUT2D eigenvalue weighted by Crippen LogP contribution is 2.08. The smallest absolute Gasteiger partial charge is 0.258 e. The molecule has 0 aliphatic heterocycles. The maximum atomic E-state index is 11.6. The van der Waals surface area contributed by atoms with Gasteiger partial charge in [0.2, 0.25) is 0 Å². The fraction of sp³-hybridized carbons (Fsp3) is 0.417. The molecule has 1 aromatic carbocycles. The van der Waals surface area contributed by atoms with Crippen molar-refractivity contribution in [2.45, 2.75) is 19.4 Å². The van der Waals surface area contributed by atoms with Gasteiger partial charge in [0.05, 0.1) is 12.1 Å². The molecule has 0 bridgehead atoms. The van der Waals surface area contributed by atoms with E-state index in [-0.39, 0.29) is 19.1 Å². The molecule has 0 aliphatic rings. The monoisotopic (exact) mass is 238 g/mol. The zero-order valence-corrected chi connectivity index (χ0v) is 10.1. The number of rotatable bonds is 6. The Morgan fingerprint density at radius 2 is 2.00 bits per heavy atom. The molecule has 0 spiro atoms. The van der Waals surface area contributed by atoms with Gasteiger partial charge in [-0.25, -0.2) is 5.90 Å². The van der Waals surface area contributed by atoms with Crippen LogP contribution < -0.4 is 16.0 Å². The van der Waals surface area contributed by atoms with Crippen LogP contribution >= 0.6 is 0 Å². The van der Waals surface area contributed by atoms with E-state index < -0.39 is 5.54 Å². The zero-order valence-electron chi connectivity index (χ0n) is 10.1. The van der Waals surface area contributed by atoms with Gasteiger partial charge >= 0.3 is 0 Å². The number of carbonyl (C=O) groups is 1. The first-order valence-electron chi connectivity index (χ1n) is 5.34. The molecule has 1 amide bonds. The Morgan fingerprint density at radius 1 is 1.35 bits per heavy atom. The van der Waals surface area contributed by atoms with Crippen molar-refractivity contribution in [3.63, 3.8) is 0 Å². The third-order valence-electron chi connectivity index (χ3n) is 2.04. The highest BCUT2D eigenvalue weighted by atomic mass is 16.6. The summed E-state index contributed by atoms with van der Waals surface area (Å²) in [6.45, 7) is 3.85. The van der Waals surface area contributed by atoms with Gasteiger partial charge in [0.1, 0.15) is 5.75 Å². The molecule has 0 fully saturated rings. The molecule has 0 radical (unpaired) electrons. The van der Waals surface area contributed by atoms with Crippen LogP contribution in [0, 0.1) is 0 Å². The second kappa shape index (κ2) is 6.22. The van der Waals surface area contributed by atoms with Gasteiger partial charge in [0.15, 0.2) is 6.61 Å². The summed E-state index contributed by atoms with van der Waals surface area (Å²) in [5, 5.41) is 2.76. The van der Waals surface area contributed by atoms with Crippen molar-refractivity contribution in [3.05, 3.63) is 30.3 Å². The molecule has 1 aromatic rings. The normalized spacial score (nSPS) is 11.0. The van der Waals surface area contributed by atoms with Gasteiger partial charge in [0.25, 0.3) is 5.91 Å². The number of amides is 1. The summed E-state index contributed by atoms with van der Waals surface area (Å²) in [5.74, 6) is 5.42. The molecule has 0 saturated carbocycles. The molecule has 3 N–H and O–H groups in total. The minimum Gasteiger partial charge on any atom is -0.484 e. The van der Waals surface area contributed by atoms with Crippen LogP contribution in [0.3, 0.4) is 0 Å². The Bertz CT molecular complexity index is 352. The lowest BCUT2D eigenvalue weighted by atomic mass is 10.1. The van der Waals surface area contributed by atoms with Crippen LogP contribution in [0.25, 0.3) is 0 Å². The number of para-hydroxylation sites is 1. The van der Waals surface area contributed by atoms with Crippen LogP contribution in [0.2, 0.25) is 0 Å². The van der Waals surface area contributed by atoms with Gasteiger partial charge in [0, 0.05) is 0 Å². The number of ether oxygens (including phenoxy) is 1. The van der Waals surface area contributed by atoms with Crippen molar-refractivity contribution >= 4 is 5.91 Å². The fourth-order valence-electron chi connectivity index (χ4n) is 1.32. The predicted octanol–water partition coefficient (Wildman–Crippen LogP) is 0.851. The lowest BCUT2D eigenvalue weighted by molar-refractivity contribution is -0.125. The number of nitrogens with one attached hydrogen (secondary N) is 1. The second-order valence-corrected chi connectivity index (χ2v) is 4.34. The Morgan fingerprint density at radius 3 is 2.59 bits per heavy atom. The zero-order chi connectivity index (χ0) is 12.7. The summed E-state index contributed by atoms with van der Waals surface area (Å²) in [7, 11) is 0.